The summed E-state index contributed by atoms with van der Waals surface area (Å²) in [5.41, 5.74) is 0. The fourth-order valence-electron chi connectivity index (χ4n) is 2.21. The van der Waals surface area contributed by atoms with Crippen molar-refractivity contribution in [1.29, 1.82) is 5.26 Å². The van der Waals surface area contributed by atoms with Crippen LogP contribution in [0.4, 0.5) is 0 Å². The summed E-state index contributed by atoms with van der Waals surface area (Å²) in [5.74, 6) is 0.931. The number of hydrogen-bond donors (Lipinski definition) is 0. The average Bonchev–Trinajstić information content (AvgIpc) is 2.65. The minimum absolute atomic E-state index is 0.192. The van der Waals surface area contributed by atoms with Gasteiger partial charge in [0.25, 0.3) is 0 Å². The molecule has 86 valence electrons. The summed E-state index contributed by atoms with van der Waals surface area (Å²) in [4.78, 5) is 4.32. The normalized spacial score (nSPS) is 29.9. The Morgan fingerprint density at radius 1 is 1.56 bits per heavy atom. The molecule has 1 fully saturated rings. The zero-order chi connectivity index (χ0) is 11.5. The predicted octanol–water partition coefficient (Wildman–Crippen LogP) is 2.84. The van der Waals surface area contributed by atoms with Crippen LogP contribution in [0.15, 0.2) is 17.6 Å². The van der Waals surface area contributed by atoms with Gasteiger partial charge in [-0.05, 0) is 25.2 Å². The molecule has 0 saturated heterocycles. The zero-order valence-electron chi connectivity index (χ0n) is 9.76. The second-order valence-electron chi connectivity index (χ2n) is 4.63. The molecule has 1 heterocycles. The Hall–Kier alpha value is -0.950. The van der Waals surface area contributed by atoms with Crippen LogP contribution in [0.1, 0.15) is 26.2 Å². The van der Waals surface area contributed by atoms with Gasteiger partial charge < -0.3 is 4.57 Å². The van der Waals surface area contributed by atoms with Crippen LogP contribution in [-0.4, -0.2) is 14.8 Å². The molecular weight excluding hydrogens is 218 g/mol. The summed E-state index contributed by atoms with van der Waals surface area (Å²) in [6.07, 6.45) is 7.14. The summed E-state index contributed by atoms with van der Waals surface area (Å²) in [5, 5.41) is 10.6. The van der Waals surface area contributed by atoms with Crippen molar-refractivity contribution in [3.63, 3.8) is 0 Å². The topological polar surface area (TPSA) is 41.6 Å². The Labute approximate surface area is 101 Å². The highest BCUT2D eigenvalue weighted by molar-refractivity contribution is 7.99. The van der Waals surface area contributed by atoms with Crippen molar-refractivity contribution in [2.24, 2.45) is 18.9 Å². The van der Waals surface area contributed by atoms with E-state index in [9.17, 15) is 0 Å². The van der Waals surface area contributed by atoms with E-state index >= 15 is 0 Å². The fourth-order valence-corrected chi connectivity index (χ4v) is 3.61. The third-order valence-corrected chi connectivity index (χ3v) is 4.68. The minimum Gasteiger partial charge on any atom is -0.329 e. The highest BCUT2D eigenvalue weighted by Gasteiger charge is 2.30. The van der Waals surface area contributed by atoms with Gasteiger partial charge in [0.2, 0.25) is 0 Å². The lowest BCUT2D eigenvalue weighted by atomic mass is 9.83. The van der Waals surface area contributed by atoms with E-state index in [1.807, 2.05) is 24.0 Å². The van der Waals surface area contributed by atoms with Gasteiger partial charge in [0.05, 0.1) is 12.0 Å². The second-order valence-corrected chi connectivity index (χ2v) is 5.84. The Bertz CT molecular complexity index is 393. The highest BCUT2D eigenvalue weighted by Crippen LogP contribution is 2.38. The van der Waals surface area contributed by atoms with E-state index < -0.39 is 0 Å². The van der Waals surface area contributed by atoms with E-state index in [1.165, 1.54) is 6.42 Å². The molecule has 0 N–H and O–H groups in total. The zero-order valence-corrected chi connectivity index (χ0v) is 10.6. The van der Waals surface area contributed by atoms with E-state index in [0.717, 1.165) is 23.9 Å². The molecule has 1 saturated carbocycles. The Balaban J connectivity index is 2.07. The molecule has 3 unspecified atom stereocenters. The van der Waals surface area contributed by atoms with Crippen molar-refractivity contribution >= 4 is 11.8 Å². The first-order valence-electron chi connectivity index (χ1n) is 5.74. The first kappa shape index (κ1) is 11.5. The van der Waals surface area contributed by atoms with Crippen LogP contribution in [0.3, 0.4) is 0 Å². The molecule has 3 nitrogen and oxygen atoms in total. The lowest BCUT2D eigenvalue weighted by molar-refractivity contribution is 0.345. The van der Waals surface area contributed by atoms with Gasteiger partial charge in [0.15, 0.2) is 5.16 Å². The van der Waals surface area contributed by atoms with Crippen LogP contribution >= 0.6 is 11.8 Å². The summed E-state index contributed by atoms with van der Waals surface area (Å²) < 4.78 is 2.03. The van der Waals surface area contributed by atoms with Crippen molar-refractivity contribution < 1.29 is 0 Å². The lowest BCUT2D eigenvalue weighted by Gasteiger charge is -2.29. The van der Waals surface area contributed by atoms with Gasteiger partial charge in [-0.1, -0.05) is 18.7 Å². The first-order chi connectivity index (χ1) is 7.70. The summed E-state index contributed by atoms with van der Waals surface area (Å²) >= 11 is 1.76. The third kappa shape index (κ3) is 2.41. The van der Waals surface area contributed by atoms with Gasteiger partial charge in [0, 0.05) is 24.7 Å². The monoisotopic (exact) mass is 235 g/mol. The van der Waals surface area contributed by atoms with E-state index in [2.05, 4.69) is 18.0 Å². The Kier molecular flexibility index (Phi) is 3.55. The molecule has 0 bridgehead atoms. The minimum atomic E-state index is 0.192. The SMILES string of the molecule is CC1CCC(C#N)C(Sc2nccn2C)C1. The van der Waals surface area contributed by atoms with Crippen LogP contribution in [0.5, 0.6) is 0 Å². The molecule has 2 rings (SSSR count). The third-order valence-electron chi connectivity index (χ3n) is 3.25. The van der Waals surface area contributed by atoms with Crippen LogP contribution in [0.2, 0.25) is 0 Å². The molecule has 0 aliphatic heterocycles. The van der Waals surface area contributed by atoms with E-state index in [1.54, 1.807) is 11.8 Å². The maximum atomic E-state index is 9.16. The smallest absolute Gasteiger partial charge is 0.167 e. The largest absolute Gasteiger partial charge is 0.329 e. The average molecular weight is 235 g/mol. The lowest BCUT2D eigenvalue weighted by Crippen LogP contribution is -2.25. The highest BCUT2D eigenvalue weighted by atomic mass is 32.2. The number of aromatic nitrogens is 2. The number of nitrogens with zero attached hydrogens (tertiary/aromatic N) is 3. The van der Waals surface area contributed by atoms with Crippen molar-refractivity contribution in [3.05, 3.63) is 12.4 Å². The van der Waals surface area contributed by atoms with Gasteiger partial charge in [-0.3, -0.25) is 0 Å². The molecule has 0 spiro atoms. The number of rotatable bonds is 2. The molecule has 16 heavy (non-hydrogen) atoms. The van der Waals surface area contributed by atoms with Crippen molar-refractivity contribution in [2.75, 3.05) is 0 Å². The van der Waals surface area contributed by atoms with Gasteiger partial charge >= 0.3 is 0 Å². The fraction of sp³-hybridized carbons (Fsp3) is 0.667. The molecule has 0 aromatic carbocycles. The number of aryl methyl sites for hydroxylation is 1. The number of hydrogen-bond acceptors (Lipinski definition) is 3. The van der Waals surface area contributed by atoms with E-state index in [0.29, 0.717) is 5.25 Å². The number of nitriles is 1. The van der Waals surface area contributed by atoms with Gasteiger partial charge in [0.1, 0.15) is 0 Å². The van der Waals surface area contributed by atoms with Gasteiger partial charge in [-0.25, -0.2) is 4.98 Å². The van der Waals surface area contributed by atoms with E-state index in [-0.39, 0.29) is 5.92 Å². The quantitative estimate of drug-likeness (QED) is 0.791. The van der Waals surface area contributed by atoms with Gasteiger partial charge in [-0.15, -0.1) is 0 Å². The molecular formula is C12H17N3S. The van der Waals surface area contributed by atoms with Crippen LogP contribution in [0.25, 0.3) is 0 Å². The molecule has 0 radical (unpaired) electrons. The van der Waals surface area contributed by atoms with Crippen LogP contribution in [-0.2, 0) is 7.05 Å². The van der Waals surface area contributed by atoms with Crippen molar-refractivity contribution in [1.82, 2.24) is 9.55 Å². The maximum Gasteiger partial charge on any atom is 0.167 e. The van der Waals surface area contributed by atoms with Crippen LogP contribution in [0, 0.1) is 23.2 Å². The first-order valence-corrected chi connectivity index (χ1v) is 6.62. The summed E-state index contributed by atoms with van der Waals surface area (Å²) in [7, 11) is 2.00. The molecule has 4 heteroatoms. The molecule has 1 aromatic rings. The number of imidazole rings is 1. The molecule has 0 amide bonds. The van der Waals surface area contributed by atoms with Crippen molar-refractivity contribution in [2.45, 2.75) is 36.6 Å². The van der Waals surface area contributed by atoms with Gasteiger partial charge in [-0.2, -0.15) is 5.26 Å². The molecule has 1 aliphatic carbocycles. The summed E-state index contributed by atoms with van der Waals surface area (Å²) in [6.45, 7) is 2.28. The summed E-state index contributed by atoms with van der Waals surface area (Å²) in [6, 6.07) is 2.45. The van der Waals surface area contributed by atoms with Crippen LogP contribution < -0.4 is 0 Å². The Morgan fingerprint density at radius 2 is 2.38 bits per heavy atom. The molecule has 1 aliphatic rings. The number of thioether (sulfide) groups is 1. The van der Waals surface area contributed by atoms with Crippen molar-refractivity contribution in [3.8, 4) is 6.07 Å². The predicted molar refractivity (Wildman–Crippen MR) is 65.0 cm³/mol. The maximum absolute atomic E-state index is 9.16. The molecule has 3 atom stereocenters. The molecule has 1 aromatic heterocycles. The Morgan fingerprint density at radius 3 is 3.00 bits per heavy atom. The van der Waals surface area contributed by atoms with E-state index in [4.69, 9.17) is 5.26 Å². The second kappa shape index (κ2) is 4.92. The standard InChI is InChI=1S/C12H17N3S/c1-9-3-4-10(8-13)11(7-9)16-12-14-5-6-15(12)2/h5-6,9-11H,3-4,7H2,1-2H3.